The van der Waals surface area contributed by atoms with Gasteiger partial charge in [-0.2, -0.15) is 0 Å². The Morgan fingerprint density at radius 2 is 2.12 bits per heavy atom. The van der Waals surface area contributed by atoms with E-state index < -0.39 is 5.60 Å². The molecule has 1 fully saturated rings. The van der Waals surface area contributed by atoms with Gasteiger partial charge in [-0.25, -0.2) is 0 Å². The molecule has 0 saturated carbocycles. The highest BCUT2D eigenvalue weighted by Gasteiger charge is 2.69. The van der Waals surface area contributed by atoms with E-state index in [0.29, 0.717) is 31.9 Å². The highest BCUT2D eigenvalue weighted by Crippen LogP contribution is 2.68. The van der Waals surface area contributed by atoms with Crippen molar-refractivity contribution in [2.24, 2.45) is 16.7 Å². The van der Waals surface area contributed by atoms with Crippen LogP contribution in [0.15, 0.2) is 24.3 Å². The Morgan fingerprint density at radius 1 is 1.31 bits per heavy atom. The number of amides is 1. The molecule has 0 radical (unpaired) electrons. The maximum Gasteiger partial charge on any atom is 0.230 e. The number of aldehydes is 1. The summed E-state index contributed by atoms with van der Waals surface area (Å²) in [6.07, 6.45) is 9.55. The number of carbonyl (C=O) groups is 2. The zero-order valence-electron chi connectivity index (χ0n) is 25.8. The summed E-state index contributed by atoms with van der Waals surface area (Å²) in [6.45, 7) is 10.7. The Balaban J connectivity index is 1.42. The van der Waals surface area contributed by atoms with Crippen LogP contribution in [0.25, 0.3) is 0 Å². The number of piperidine rings is 1. The van der Waals surface area contributed by atoms with E-state index in [-0.39, 0.29) is 46.0 Å². The van der Waals surface area contributed by atoms with Gasteiger partial charge in [-0.3, -0.25) is 4.79 Å². The standard InChI is InChI=1S/C33H48N2O6S/c1-30(2,3)31(4,38)23-8-6-11-32(19-23)25-18-22-9-10-24(40-16-7-13-35-27(37)21-42-17-15-36)29-28(22)33(32,12-14-34-25)26(41-29)20-39-5/h6,8-10,15,23,25-26,34,38H,7,11-14,16-21H2,1-5H3,(H,35,37)/t23-,25-,26+,31+,32-,33-/m1/s1. The van der Waals surface area contributed by atoms with Gasteiger partial charge in [0.25, 0.3) is 0 Å². The second kappa shape index (κ2) is 12.1. The minimum atomic E-state index is -0.866. The number of carbonyl (C=O) groups excluding carboxylic acids is 2. The number of hydrogen-bond donors (Lipinski definition) is 3. The molecule has 3 N–H and O–H groups in total. The van der Waals surface area contributed by atoms with Gasteiger partial charge in [0.15, 0.2) is 11.5 Å². The van der Waals surface area contributed by atoms with Crippen molar-refractivity contribution in [2.75, 3.05) is 44.9 Å². The third kappa shape index (κ3) is 5.18. The van der Waals surface area contributed by atoms with E-state index in [1.165, 1.54) is 22.9 Å². The Morgan fingerprint density at radius 3 is 2.86 bits per heavy atom. The second-order valence-corrected chi connectivity index (χ2v) is 14.7. The second-order valence-electron chi connectivity index (χ2n) is 13.7. The number of hydrogen-bond acceptors (Lipinski definition) is 8. The first kappa shape index (κ1) is 31.4. The predicted molar refractivity (Wildman–Crippen MR) is 165 cm³/mol. The van der Waals surface area contributed by atoms with Gasteiger partial charge in [-0.05, 0) is 62.6 Å². The van der Waals surface area contributed by atoms with E-state index in [2.05, 4.69) is 49.6 Å². The van der Waals surface area contributed by atoms with Crippen LogP contribution in [0.5, 0.6) is 11.5 Å². The van der Waals surface area contributed by atoms with E-state index in [1.54, 1.807) is 7.11 Å². The third-order valence-electron chi connectivity index (χ3n) is 10.7. The van der Waals surface area contributed by atoms with Crippen molar-refractivity contribution in [1.29, 1.82) is 0 Å². The number of benzene rings is 1. The van der Waals surface area contributed by atoms with E-state index in [4.69, 9.17) is 14.2 Å². The molecule has 1 aromatic rings. The van der Waals surface area contributed by atoms with Crippen molar-refractivity contribution >= 4 is 24.0 Å². The monoisotopic (exact) mass is 600 g/mol. The Kier molecular flexibility index (Phi) is 9.06. The molecular weight excluding hydrogens is 552 g/mol. The number of nitrogens with one attached hydrogen (secondary N) is 2. The fourth-order valence-electron chi connectivity index (χ4n) is 8.08. The first-order valence-corrected chi connectivity index (χ1v) is 16.5. The van der Waals surface area contributed by atoms with Crippen LogP contribution in [-0.2, 0) is 26.2 Å². The van der Waals surface area contributed by atoms with E-state index in [9.17, 15) is 14.7 Å². The molecule has 2 aliphatic heterocycles. The fourth-order valence-corrected chi connectivity index (χ4v) is 8.58. The number of allylic oxidation sites excluding steroid dienone is 1. The van der Waals surface area contributed by atoms with Crippen LogP contribution in [0, 0.1) is 16.7 Å². The van der Waals surface area contributed by atoms with E-state index in [1.807, 2.05) is 13.0 Å². The molecule has 0 aromatic heterocycles. The van der Waals surface area contributed by atoms with Gasteiger partial charge in [0.05, 0.1) is 24.6 Å². The van der Waals surface area contributed by atoms with Crippen LogP contribution < -0.4 is 20.1 Å². The van der Waals surface area contributed by atoms with Gasteiger partial charge in [-0.1, -0.05) is 39.0 Å². The average molecular weight is 601 g/mol. The highest BCUT2D eigenvalue weighted by atomic mass is 32.2. The molecule has 232 valence electrons. The summed E-state index contributed by atoms with van der Waals surface area (Å²) in [5, 5.41) is 18.7. The first-order valence-electron chi connectivity index (χ1n) is 15.4. The molecule has 1 aromatic carbocycles. The lowest BCUT2D eigenvalue weighted by Gasteiger charge is -2.63. The van der Waals surface area contributed by atoms with Crippen molar-refractivity contribution in [3.05, 3.63) is 35.4 Å². The number of aliphatic hydroxyl groups is 1. The minimum Gasteiger partial charge on any atom is -0.490 e. The Hall–Kier alpha value is -2.07. The normalized spacial score (nSPS) is 30.8. The van der Waals surface area contributed by atoms with Gasteiger partial charge in [0.2, 0.25) is 5.91 Å². The van der Waals surface area contributed by atoms with Crippen molar-refractivity contribution in [1.82, 2.24) is 10.6 Å². The topological polar surface area (TPSA) is 106 Å². The fraction of sp³-hybridized carbons (Fsp3) is 0.697. The van der Waals surface area contributed by atoms with Gasteiger partial charge in [0.1, 0.15) is 12.4 Å². The summed E-state index contributed by atoms with van der Waals surface area (Å²) in [5.74, 6) is 2.15. The number of rotatable bonds is 12. The van der Waals surface area contributed by atoms with Crippen LogP contribution in [0.1, 0.15) is 64.5 Å². The van der Waals surface area contributed by atoms with E-state index in [0.717, 1.165) is 50.0 Å². The number of methoxy groups -OCH3 is 1. The quantitative estimate of drug-likeness (QED) is 0.189. The lowest BCUT2D eigenvalue weighted by Crippen LogP contribution is -2.70. The van der Waals surface area contributed by atoms with Crippen LogP contribution in [0.3, 0.4) is 0 Å². The average Bonchev–Trinajstić information content (AvgIpc) is 3.26. The first-order chi connectivity index (χ1) is 20.0. The molecule has 1 saturated heterocycles. The Labute approximate surface area is 254 Å². The molecule has 6 atom stereocenters. The maximum atomic E-state index is 12.0. The predicted octanol–water partition coefficient (Wildman–Crippen LogP) is 3.82. The van der Waals surface area contributed by atoms with Gasteiger partial charge in [0, 0.05) is 47.8 Å². The van der Waals surface area contributed by atoms with Gasteiger partial charge in [-0.15, -0.1) is 11.8 Å². The third-order valence-corrected chi connectivity index (χ3v) is 11.5. The van der Waals surface area contributed by atoms with Gasteiger partial charge < -0.3 is 34.7 Å². The molecule has 2 aliphatic carbocycles. The summed E-state index contributed by atoms with van der Waals surface area (Å²) in [6, 6.07) is 4.52. The van der Waals surface area contributed by atoms with Crippen molar-refractivity contribution in [3.63, 3.8) is 0 Å². The van der Waals surface area contributed by atoms with E-state index >= 15 is 0 Å². The van der Waals surface area contributed by atoms with Crippen LogP contribution in [0.2, 0.25) is 0 Å². The smallest absolute Gasteiger partial charge is 0.230 e. The molecule has 42 heavy (non-hydrogen) atoms. The van der Waals surface area contributed by atoms with Crippen LogP contribution >= 0.6 is 11.8 Å². The molecule has 9 heteroatoms. The Bertz CT molecular complexity index is 1200. The molecule has 1 amide bonds. The lowest BCUT2D eigenvalue weighted by atomic mass is 9.43. The highest BCUT2D eigenvalue weighted by molar-refractivity contribution is 8.00. The summed E-state index contributed by atoms with van der Waals surface area (Å²) >= 11 is 1.31. The maximum absolute atomic E-state index is 12.0. The lowest BCUT2D eigenvalue weighted by molar-refractivity contribution is -0.123. The zero-order valence-corrected chi connectivity index (χ0v) is 26.6. The summed E-state index contributed by atoms with van der Waals surface area (Å²) in [4.78, 5) is 22.4. The van der Waals surface area contributed by atoms with Gasteiger partial charge >= 0.3 is 0 Å². The molecule has 2 bridgehead atoms. The largest absolute Gasteiger partial charge is 0.490 e. The number of ether oxygens (including phenoxy) is 3. The SMILES string of the molecule is COC[C@@H]1Oc2c(OCCCNC(=O)CSCC=O)ccc3c2[C@@]12CCN[C@H](C3)[C@]21CC=C[C@@H]([C@](C)(O)C(C)(C)C)C1. The van der Waals surface area contributed by atoms with Crippen molar-refractivity contribution in [2.45, 2.75) is 83.0 Å². The molecule has 2 spiro atoms. The molecule has 5 rings (SSSR count). The van der Waals surface area contributed by atoms with Crippen LogP contribution in [-0.4, -0.2) is 80.0 Å². The summed E-state index contributed by atoms with van der Waals surface area (Å²) in [7, 11) is 1.75. The molecule has 4 aliphatic rings. The number of thioether (sulfide) groups is 1. The minimum absolute atomic E-state index is 0.0193. The summed E-state index contributed by atoms with van der Waals surface area (Å²) < 4.78 is 19.0. The molecule has 0 unspecified atom stereocenters. The van der Waals surface area contributed by atoms with Crippen LogP contribution in [0.4, 0.5) is 0 Å². The van der Waals surface area contributed by atoms with Crippen molar-refractivity contribution < 1.29 is 28.9 Å². The molecule has 8 nitrogen and oxygen atoms in total. The summed E-state index contributed by atoms with van der Waals surface area (Å²) in [5.41, 5.74) is 1.06. The zero-order chi connectivity index (χ0) is 30.2. The molecular formula is C33H48N2O6S. The molecule has 2 heterocycles. The van der Waals surface area contributed by atoms with Crippen molar-refractivity contribution in [3.8, 4) is 11.5 Å².